The molecule has 1 unspecified atom stereocenters. The summed E-state index contributed by atoms with van der Waals surface area (Å²) < 4.78 is 0. The van der Waals surface area contributed by atoms with Crippen LogP contribution in [0.1, 0.15) is 85.0 Å². The molecular weight excluding hydrogens is 199 g/mol. The number of hydrogen-bond acceptors (Lipinski definition) is 0. The largest absolute Gasteiger partial charge is 0.131 e. The van der Waals surface area contributed by atoms with Gasteiger partial charge in [0.2, 0.25) is 0 Å². The van der Waals surface area contributed by atoms with E-state index in [2.05, 4.69) is 30.0 Å². The highest BCUT2D eigenvalue weighted by Crippen LogP contribution is 2.36. The molecule has 0 saturated heterocycles. The van der Waals surface area contributed by atoms with Gasteiger partial charge in [-0.3, -0.25) is 0 Å². The topological polar surface area (TPSA) is 0 Å². The van der Waals surface area contributed by atoms with E-state index in [4.69, 9.17) is 0 Å². The Morgan fingerprint density at radius 3 is 1.47 bits per heavy atom. The van der Waals surface area contributed by atoms with E-state index >= 15 is 0 Å². The van der Waals surface area contributed by atoms with Crippen LogP contribution in [0.25, 0.3) is 0 Å². The first kappa shape index (κ1) is 15.4. The molecule has 0 N–H and O–H groups in total. The lowest BCUT2D eigenvalue weighted by Crippen LogP contribution is -2.20. The SMILES string of the molecule is CCCCCC(P)(CCCC)CCCC. The average Bonchev–Trinajstić information content (AvgIpc) is 2.24. The molecule has 0 fully saturated rings. The Balaban J connectivity index is 3.89. The minimum absolute atomic E-state index is 0.571. The van der Waals surface area contributed by atoms with Gasteiger partial charge in [-0.15, -0.1) is 9.24 Å². The second kappa shape index (κ2) is 9.64. The molecule has 0 heterocycles. The summed E-state index contributed by atoms with van der Waals surface area (Å²) in [6.07, 6.45) is 13.9. The van der Waals surface area contributed by atoms with E-state index in [1.54, 1.807) is 0 Å². The number of unbranched alkanes of at least 4 members (excludes halogenated alkanes) is 4. The third-order valence-electron chi connectivity index (χ3n) is 3.33. The minimum Gasteiger partial charge on any atom is -0.131 e. The van der Waals surface area contributed by atoms with Crippen LogP contribution in [-0.4, -0.2) is 5.16 Å². The molecule has 0 aliphatic carbocycles. The fraction of sp³-hybridized carbons (Fsp3) is 1.00. The van der Waals surface area contributed by atoms with Gasteiger partial charge in [-0.25, -0.2) is 0 Å². The van der Waals surface area contributed by atoms with Crippen LogP contribution in [0.4, 0.5) is 0 Å². The van der Waals surface area contributed by atoms with Gasteiger partial charge in [0.15, 0.2) is 0 Å². The van der Waals surface area contributed by atoms with Gasteiger partial charge in [0.1, 0.15) is 0 Å². The van der Waals surface area contributed by atoms with Crippen LogP contribution in [0.15, 0.2) is 0 Å². The second-order valence-electron chi connectivity index (χ2n) is 5.03. The molecule has 0 rings (SSSR count). The zero-order chi connectivity index (χ0) is 11.6. The predicted molar refractivity (Wildman–Crippen MR) is 75.6 cm³/mol. The summed E-state index contributed by atoms with van der Waals surface area (Å²) in [5.41, 5.74) is 0. The van der Waals surface area contributed by atoms with Gasteiger partial charge in [-0.2, -0.15) is 0 Å². The van der Waals surface area contributed by atoms with Crippen molar-refractivity contribution in [3.63, 3.8) is 0 Å². The number of rotatable bonds is 10. The van der Waals surface area contributed by atoms with Gasteiger partial charge >= 0.3 is 0 Å². The molecule has 0 radical (unpaired) electrons. The molecule has 0 aliphatic rings. The van der Waals surface area contributed by atoms with E-state index in [1.165, 1.54) is 64.2 Å². The van der Waals surface area contributed by atoms with Gasteiger partial charge < -0.3 is 0 Å². The molecule has 0 nitrogen and oxygen atoms in total. The Hall–Kier alpha value is 0.430. The molecular formula is C14H31P. The Labute approximate surface area is 99.8 Å². The van der Waals surface area contributed by atoms with Gasteiger partial charge in [0.05, 0.1) is 0 Å². The van der Waals surface area contributed by atoms with Crippen molar-refractivity contribution in [1.29, 1.82) is 0 Å². The minimum atomic E-state index is 0.571. The maximum absolute atomic E-state index is 3.19. The van der Waals surface area contributed by atoms with Crippen molar-refractivity contribution in [3.05, 3.63) is 0 Å². The molecule has 0 bridgehead atoms. The molecule has 15 heavy (non-hydrogen) atoms. The van der Waals surface area contributed by atoms with Crippen LogP contribution in [-0.2, 0) is 0 Å². The predicted octanol–water partition coefficient (Wildman–Crippen LogP) is 5.56. The van der Waals surface area contributed by atoms with Crippen LogP contribution in [0.2, 0.25) is 0 Å². The molecule has 0 aromatic heterocycles. The van der Waals surface area contributed by atoms with Crippen molar-refractivity contribution in [2.45, 2.75) is 90.1 Å². The molecule has 0 aromatic rings. The zero-order valence-corrected chi connectivity index (χ0v) is 12.3. The fourth-order valence-electron chi connectivity index (χ4n) is 2.16. The van der Waals surface area contributed by atoms with Crippen LogP contribution in [0.5, 0.6) is 0 Å². The highest BCUT2D eigenvalue weighted by atomic mass is 31.0. The maximum atomic E-state index is 3.19. The molecule has 1 heteroatoms. The molecule has 0 spiro atoms. The first-order valence-electron chi connectivity index (χ1n) is 6.97. The van der Waals surface area contributed by atoms with E-state index in [0.29, 0.717) is 5.16 Å². The standard InChI is InChI=1S/C14H31P/c1-4-7-10-13-14(15,11-8-5-2)12-9-6-3/h4-13,15H2,1-3H3. The quantitative estimate of drug-likeness (QED) is 0.340. The summed E-state index contributed by atoms with van der Waals surface area (Å²) in [7, 11) is 3.19. The third kappa shape index (κ3) is 8.26. The average molecular weight is 230 g/mol. The van der Waals surface area contributed by atoms with E-state index < -0.39 is 0 Å². The summed E-state index contributed by atoms with van der Waals surface area (Å²) >= 11 is 0. The Kier molecular flexibility index (Phi) is 9.92. The molecule has 0 aliphatic heterocycles. The normalized spacial score (nSPS) is 12.0. The smallest absolute Gasteiger partial charge is 0.0150 e. The lowest BCUT2D eigenvalue weighted by atomic mass is 9.89. The summed E-state index contributed by atoms with van der Waals surface area (Å²) in [6.45, 7) is 6.90. The van der Waals surface area contributed by atoms with Gasteiger partial charge in [0, 0.05) is 0 Å². The maximum Gasteiger partial charge on any atom is -0.0150 e. The number of hydrogen-bond donors (Lipinski definition) is 0. The van der Waals surface area contributed by atoms with Gasteiger partial charge in [-0.1, -0.05) is 65.7 Å². The monoisotopic (exact) mass is 230 g/mol. The van der Waals surface area contributed by atoms with E-state index in [9.17, 15) is 0 Å². The van der Waals surface area contributed by atoms with E-state index in [-0.39, 0.29) is 0 Å². The first-order chi connectivity index (χ1) is 7.18. The summed E-state index contributed by atoms with van der Waals surface area (Å²) in [5, 5.41) is 0.571. The lowest BCUT2D eigenvalue weighted by molar-refractivity contribution is 0.420. The van der Waals surface area contributed by atoms with Crippen LogP contribution < -0.4 is 0 Å². The Morgan fingerprint density at radius 1 is 0.667 bits per heavy atom. The van der Waals surface area contributed by atoms with Crippen molar-refractivity contribution in [2.24, 2.45) is 0 Å². The second-order valence-corrected chi connectivity index (χ2v) is 6.25. The summed E-state index contributed by atoms with van der Waals surface area (Å²) in [5.74, 6) is 0. The molecule has 0 aromatic carbocycles. The highest BCUT2D eigenvalue weighted by Gasteiger charge is 2.22. The lowest BCUT2D eigenvalue weighted by Gasteiger charge is -2.29. The molecule has 92 valence electrons. The molecule has 1 atom stereocenters. The molecule has 0 amide bonds. The zero-order valence-electron chi connectivity index (χ0n) is 11.1. The third-order valence-corrected chi connectivity index (χ3v) is 4.20. The van der Waals surface area contributed by atoms with Crippen molar-refractivity contribution in [2.75, 3.05) is 0 Å². The van der Waals surface area contributed by atoms with Crippen LogP contribution in [0, 0.1) is 0 Å². The van der Waals surface area contributed by atoms with Gasteiger partial charge in [-0.05, 0) is 24.4 Å². The van der Waals surface area contributed by atoms with Crippen molar-refractivity contribution in [1.82, 2.24) is 0 Å². The van der Waals surface area contributed by atoms with Gasteiger partial charge in [0.25, 0.3) is 0 Å². The van der Waals surface area contributed by atoms with Crippen LogP contribution in [0.3, 0.4) is 0 Å². The fourth-order valence-corrected chi connectivity index (χ4v) is 2.77. The van der Waals surface area contributed by atoms with Crippen molar-refractivity contribution >= 4 is 9.24 Å². The van der Waals surface area contributed by atoms with Crippen LogP contribution >= 0.6 is 9.24 Å². The highest BCUT2D eigenvalue weighted by molar-refractivity contribution is 7.19. The Morgan fingerprint density at radius 2 is 1.07 bits per heavy atom. The molecule has 0 saturated carbocycles. The van der Waals surface area contributed by atoms with E-state index in [1.807, 2.05) is 0 Å². The summed E-state index contributed by atoms with van der Waals surface area (Å²) in [6, 6.07) is 0. The first-order valence-corrected chi connectivity index (χ1v) is 7.55. The van der Waals surface area contributed by atoms with Crippen molar-refractivity contribution < 1.29 is 0 Å². The van der Waals surface area contributed by atoms with E-state index in [0.717, 1.165) is 0 Å². The van der Waals surface area contributed by atoms with Crippen molar-refractivity contribution in [3.8, 4) is 0 Å². The summed E-state index contributed by atoms with van der Waals surface area (Å²) in [4.78, 5) is 0. The Bertz CT molecular complexity index is 123.